The van der Waals surface area contributed by atoms with E-state index in [4.69, 9.17) is 5.11 Å². The molecule has 38 heteroatoms. The van der Waals surface area contributed by atoms with Gasteiger partial charge >= 0.3 is 84.8 Å². The minimum Gasteiger partial charge on any atom is -0.477 e. The van der Waals surface area contributed by atoms with Gasteiger partial charge in [-0.15, -0.1) is 13.2 Å². The summed E-state index contributed by atoms with van der Waals surface area (Å²) in [5, 5.41) is 4.58. The lowest BCUT2D eigenvalue weighted by Crippen LogP contribution is -2.76. The van der Waals surface area contributed by atoms with Crippen LogP contribution in [-0.2, 0) is 19.1 Å². The van der Waals surface area contributed by atoms with Crippen LogP contribution in [0.5, 0.6) is 0 Å². The predicted molar refractivity (Wildman–Crippen MR) is 93.4 cm³/mol. The molecule has 320 valence electrons. The highest BCUT2D eigenvalue weighted by Crippen LogP contribution is 2.57. The molecule has 0 spiro atoms. The number of ether oxygens (including phenoxy) is 2. The Morgan fingerprint density at radius 3 is 1.24 bits per heavy atom. The van der Waals surface area contributed by atoms with Gasteiger partial charge in [-0.3, -0.25) is 14.3 Å². The van der Waals surface area contributed by atoms with Crippen molar-refractivity contribution in [1.82, 2.24) is 15.1 Å². The summed E-state index contributed by atoms with van der Waals surface area (Å²) in [6.45, 7) is 0. The number of hydrogen-bond acceptors (Lipinski definition) is 6. The lowest BCUT2D eigenvalue weighted by atomic mass is 10.2. The molecule has 3 atom stereocenters. The zero-order chi connectivity index (χ0) is 44.5. The standard InChI is InChI=1S/C9HF17O4.C7F13N3O/c10-2(1(27)28,5(14,15)16)29-9(25,26)4(13,7(20,21)22)30-8(23,24)3(11,12)6(17,18)19;8-1-2(9)21(6(13,14)15)5(12,3(24)22(19)20)23(4(1,10)11)7(16,17)18/h(H,27,28);. The van der Waals surface area contributed by atoms with Gasteiger partial charge in [0.25, 0.3) is 0 Å². The van der Waals surface area contributed by atoms with Gasteiger partial charge in [0.05, 0.1) is 0 Å². The third-order valence-corrected chi connectivity index (χ3v) is 5.09. The molecule has 1 heterocycles. The van der Waals surface area contributed by atoms with Crippen LogP contribution in [-0.4, -0.2) is 105 Å². The SMILES string of the molecule is O=C(N(F)F)C1(F)N(C(F)(F)F)C(F)=C(F)C(F)(F)N1C(F)(F)F.O=C(O)C(F)(OC(F)(F)C(F)(OC(F)(F)C(F)(F)C(F)(F)F)C(F)(F)F)C(F)(F)F. The first-order valence-corrected chi connectivity index (χ1v) is 10.9. The van der Waals surface area contributed by atoms with Crippen LogP contribution in [0.2, 0.25) is 0 Å². The van der Waals surface area contributed by atoms with Gasteiger partial charge in [0.1, 0.15) is 0 Å². The Balaban J connectivity index is 0.00000106. The molecular formula is C16HF30N3O5. The minimum absolute atomic E-state index is 1.19. The maximum absolute atomic E-state index is 14.1. The van der Waals surface area contributed by atoms with Crippen molar-refractivity contribution in [1.29, 1.82) is 0 Å². The largest absolute Gasteiger partial charge is 0.490 e. The molecule has 3 unspecified atom stereocenters. The molecule has 54 heavy (non-hydrogen) atoms. The third kappa shape index (κ3) is 8.40. The van der Waals surface area contributed by atoms with Crippen LogP contribution in [0.4, 0.5) is 132 Å². The van der Waals surface area contributed by atoms with Gasteiger partial charge < -0.3 is 5.11 Å². The molecule has 0 bridgehead atoms. The van der Waals surface area contributed by atoms with Gasteiger partial charge in [-0.1, -0.05) is 13.9 Å². The van der Waals surface area contributed by atoms with Crippen molar-refractivity contribution in [3.63, 3.8) is 0 Å². The second-order valence-corrected chi connectivity index (χ2v) is 8.68. The van der Waals surface area contributed by atoms with Gasteiger partial charge in [0, 0.05) is 5.34 Å². The molecule has 0 saturated heterocycles. The van der Waals surface area contributed by atoms with Crippen molar-refractivity contribution in [3.05, 3.63) is 11.8 Å². The highest BCUT2D eigenvalue weighted by atomic mass is 19.4. The zero-order valence-corrected chi connectivity index (χ0v) is 22.8. The van der Waals surface area contributed by atoms with Crippen molar-refractivity contribution < 1.29 is 156 Å². The van der Waals surface area contributed by atoms with Crippen LogP contribution in [0.25, 0.3) is 0 Å². The molecule has 1 aliphatic heterocycles. The Morgan fingerprint density at radius 1 is 0.593 bits per heavy atom. The van der Waals surface area contributed by atoms with E-state index in [-0.39, 0.29) is 0 Å². The molecule has 1 amide bonds. The maximum Gasteiger partial charge on any atom is 0.490 e. The van der Waals surface area contributed by atoms with E-state index in [9.17, 15) is 141 Å². The fraction of sp³-hybridized carbons (Fsp3) is 0.750. The summed E-state index contributed by atoms with van der Waals surface area (Å²) < 4.78 is 381. The first-order chi connectivity index (χ1) is 23.0. The van der Waals surface area contributed by atoms with Crippen LogP contribution in [0, 0.1) is 0 Å². The van der Waals surface area contributed by atoms with Gasteiger partial charge in [0.2, 0.25) is 11.8 Å². The average molecular weight is 885 g/mol. The fourth-order valence-corrected chi connectivity index (χ4v) is 2.79. The zero-order valence-electron chi connectivity index (χ0n) is 22.8. The number of nitrogens with zero attached hydrogens (tertiary/aromatic N) is 3. The number of rotatable bonds is 8. The highest BCUT2D eigenvalue weighted by Gasteiger charge is 2.86. The molecule has 1 rings (SSSR count). The Morgan fingerprint density at radius 2 is 0.981 bits per heavy atom. The highest BCUT2D eigenvalue weighted by molar-refractivity contribution is 5.83. The van der Waals surface area contributed by atoms with E-state index >= 15 is 0 Å². The number of alkyl halides is 26. The Kier molecular flexibility index (Phi) is 12.8. The summed E-state index contributed by atoms with van der Waals surface area (Å²) in [6.07, 6.45) is -52.6. The van der Waals surface area contributed by atoms with E-state index in [0.29, 0.717) is 0 Å². The number of aliphatic carboxylic acids is 1. The molecule has 0 aromatic heterocycles. The number of halogens is 30. The second kappa shape index (κ2) is 13.8. The van der Waals surface area contributed by atoms with Crippen molar-refractivity contribution in [2.24, 2.45) is 0 Å². The molecule has 0 aromatic carbocycles. The van der Waals surface area contributed by atoms with E-state index < -0.39 is 112 Å². The molecule has 1 N–H and O–H groups in total. The molecule has 0 radical (unpaired) electrons. The second-order valence-electron chi connectivity index (χ2n) is 8.68. The average Bonchev–Trinajstić information content (AvgIpc) is 2.87. The maximum atomic E-state index is 14.1. The smallest absolute Gasteiger partial charge is 0.477 e. The summed E-state index contributed by atoms with van der Waals surface area (Å²) in [4.78, 5) is 14.3. The lowest BCUT2D eigenvalue weighted by Gasteiger charge is -2.48. The molecular weight excluding hydrogens is 884 g/mol. The van der Waals surface area contributed by atoms with Gasteiger partial charge in [-0.2, -0.15) is 110 Å². The summed E-state index contributed by atoms with van der Waals surface area (Å²) in [5.41, 5.74) is 0. The van der Waals surface area contributed by atoms with Crippen molar-refractivity contribution >= 4 is 11.9 Å². The molecule has 0 aromatic rings. The quantitative estimate of drug-likeness (QED) is 0.149. The molecule has 0 saturated carbocycles. The molecule has 1 aliphatic rings. The number of carbonyl (C=O) groups is 2. The Bertz CT molecular complexity index is 1430. The van der Waals surface area contributed by atoms with Crippen molar-refractivity contribution in [3.8, 4) is 0 Å². The molecule has 0 aliphatic carbocycles. The monoisotopic (exact) mass is 885 g/mol. The van der Waals surface area contributed by atoms with Crippen LogP contribution >= 0.6 is 0 Å². The topological polar surface area (TPSA) is 82.6 Å². The van der Waals surface area contributed by atoms with Gasteiger partial charge in [-0.25, -0.2) is 9.69 Å². The fourth-order valence-electron chi connectivity index (χ4n) is 2.79. The van der Waals surface area contributed by atoms with Crippen LogP contribution in [0.1, 0.15) is 0 Å². The van der Waals surface area contributed by atoms with E-state index in [1.807, 2.05) is 0 Å². The number of amides is 1. The van der Waals surface area contributed by atoms with Crippen LogP contribution < -0.4 is 0 Å². The third-order valence-electron chi connectivity index (χ3n) is 5.09. The Hall–Kier alpha value is -3.74. The van der Waals surface area contributed by atoms with Gasteiger partial charge in [0.15, 0.2) is 0 Å². The predicted octanol–water partition coefficient (Wildman–Crippen LogP) is 8.51. The van der Waals surface area contributed by atoms with E-state index in [1.165, 1.54) is 9.47 Å². The number of carboxylic acid groups (broad SMARTS) is 1. The minimum atomic E-state index is -8.09. The number of hydrogen-bond donors (Lipinski definition) is 1. The lowest BCUT2D eigenvalue weighted by molar-refractivity contribution is -0.548. The Labute approximate surface area is 269 Å². The number of carboxylic acids is 1. The molecule has 0 fully saturated rings. The van der Waals surface area contributed by atoms with Crippen molar-refractivity contribution in [2.75, 3.05) is 0 Å². The number of carbonyl (C=O) groups excluding carboxylic acids is 1. The van der Waals surface area contributed by atoms with E-state index in [2.05, 4.69) is 0 Å². The molecule has 8 nitrogen and oxygen atoms in total. The van der Waals surface area contributed by atoms with Gasteiger partial charge in [-0.05, 0) is 0 Å². The van der Waals surface area contributed by atoms with E-state index in [0.717, 1.165) is 0 Å². The van der Waals surface area contributed by atoms with Crippen molar-refractivity contribution in [2.45, 2.75) is 72.9 Å². The van der Waals surface area contributed by atoms with E-state index in [1.54, 1.807) is 0 Å². The summed E-state index contributed by atoms with van der Waals surface area (Å²) in [6, 6.07) is -6.59. The first kappa shape index (κ1) is 50.3. The van der Waals surface area contributed by atoms with Crippen LogP contribution in [0.3, 0.4) is 0 Å². The van der Waals surface area contributed by atoms with Crippen LogP contribution in [0.15, 0.2) is 11.8 Å². The summed E-state index contributed by atoms with van der Waals surface area (Å²) >= 11 is 0. The normalized spacial score (nSPS) is 22.2. The summed E-state index contributed by atoms with van der Waals surface area (Å²) in [5.74, 6) is -46.3. The first-order valence-electron chi connectivity index (χ1n) is 10.9. The summed E-state index contributed by atoms with van der Waals surface area (Å²) in [7, 11) is 0.